The molecule has 0 aliphatic heterocycles. The second kappa shape index (κ2) is 4.70. The second-order valence-corrected chi connectivity index (χ2v) is 5.62. The third-order valence-corrected chi connectivity index (χ3v) is 2.79. The van der Waals surface area contributed by atoms with Gasteiger partial charge in [0, 0.05) is 6.07 Å². The lowest BCUT2D eigenvalue weighted by Gasteiger charge is -2.16. The number of rotatable bonds is 1. The van der Waals surface area contributed by atoms with Crippen LogP contribution in [0.3, 0.4) is 0 Å². The molecule has 0 fully saturated rings. The molecule has 0 radical (unpaired) electrons. The predicted molar refractivity (Wildman–Crippen MR) is 72.6 cm³/mol. The molecule has 2 aromatic rings. The van der Waals surface area contributed by atoms with Gasteiger partial charge in [-0.1, -0.05) is 11.6 Å². The van der Waals surface area contributed by atoms with Crippen LogP contribution in [0.5, 0.6) is 5.75 Å². The van der Waals surface area contributed by atoms with E-state index in [0.29, 0.717) is 16.7 Å². The van der Waals surface area contributed by atoms with Crippen molar-refractivity contribution in [2.45, 2.75) is 20.8 Å². The highest BCUT2D eigenvalue weighted by atomic mass is 35.5. The largest absolute Gasteiger partial charge is 0.462 e. The fourth-order valence-corrected chi connectivity index (χ4v) is 1.56. The fraction of sp³-hybridized carbons (Fsp3) is 0.286. The molecule has 2 rings (SSSR count). The van der Waals surface area contributed by atoms with Gasteiger partial charge >= 0.3 is 5.97 Å². The third kappa shape index (κ3) is 2.79. The van der Waals surface area contributed by atoms with Crippen molar-refractivity contribution in [3.8, 4) is 5.75 Å². The van der Waals surface area contributed by atoms with Crippen LogP contribution in [0.15, 0.2) is 33.7 Å². The Morgan fingerprint density at radius 3 is 2.63 bits per heavy atom. The Balaban J connectivity index is 2.41. The first-order valence-electron chi connectivity index (χ1n) is 5.72. The molecule has 0 bridgehead atoms. The lowest BCUT2D eigenvalue weighted by molar-refractivity contribution is -0.142. The maximum absolute atomic E-state index is 11.8. The van der Waals surface area contributed by atoms with Crippen molar-refractivity contribution in [3.63, 3.8) is 0 Å². The summed E-state index contributed by atoms with van der Waals surface area (Å²) in [7, 11) is 0. The number of halogens is 1. The summed E-state index contributed by atoms with van der Waals surface area (Å²) in [4.78, 5) is 23.5. The van der Waals surface area contributed by atoms with E-state index in [1.807, 2.05) is 0 Å². The maximum atomic E-state index is 11.8. The smallest absolute Gasteiger partial charge is 0.316 e. The number of fused-ring (bicyclic) bond motifs is 1. The van der Waals surface area contributed by atoms with E-state index in [-0.39, 0.29) is 16.4 Å². The standard InChI is InChI=1S/C14H13ClO4/c1-14(2,3)13(17)19-8-4-5-9-11(6-8)18-7-10(15)12(9)16/h4-7H,1-3H3. The molecule has 5 heteroatoms. The van der Waals surface area contributed by atoms with Crippen molar-refractivity contribution < 1.29 is 13.9 Å². The summed E-state index contributed by atoms with van der Waals surface area (Å²) in [5.74, 6) is -0.0268. The van der Waals surface area contributed by atoms with Crippen molar-refractivity contribution in [3.05, 3.63) is 39.7 Å². The molecule has 0 atom stereocenters. The molecule has 0 spiro atoms. The molecule has 0 aliphatic carbocycles. The highest BCUT2D eigenvalue weighted by Gasteiger charge is 2.23. The normalized spacial score (nSPS) is 11.6. The molecule has 0 saturated heterocycles. The molecule has 0 N–H and O–H groups in total. The van der Waals surface area contributed by atoms with Gasteiger partial charge in [0.1, 0.15) is 22.6 Å². The Morgan fingerprint density at radius 2 is 2.00 bits per heavy atom. The van der Waals surface area contributed by atoms with Crippen molar-refractivity contribution >= 4 is 28.5 Å². The first-order valence-corrected chi connectivity index (χ1v) is 6.10. The van der Waals surface area contributed by atoms with Crippen LogP contribution in [0.2, 0.25) is 5.02 Å². The summed E-state index contributed by atoms with van der Waals surface area (Å²) in [6.07, 6.45) is 1.17. The molecular weight excluding hydrogens is 268 g/mol. The number of ether oxygens (including phenoxy) is 1. The molecule has 1 heterocycles. The zero-order chi connectivity index (χ0) is 14.2. The van der Waals surface area contributed by atoms with Crippen LogP contribution in [0.1, 0.15) is 20.8 Å². The first-order chi connectivity index (χ1) is 8.79. The molecular formula is C14H13ClO4. The van der Waals surface area contributed by atoms with Crippen molar-refractivity contribution in [2.24, 2.45) is 5.41 Å². The van der Waals surface area contributed by atoms with Crippen LogP contribution in [-0.2, 0) is 4.79 Å². The Labute approximate surface area is 114 Å². The van der Waals surface area contributed by atoms with Gasteiger partial charge in [-0.3, -0.25) is 9.59 Å². The predicted octanol–water partition coefficient (Wildman–Crippen LogP) is 3.40. The molecule has 0 saturated carbocycles. The van der Waals surface area contributed by atoms with Crippen molar-refractivity contribution in [2.75, 3.05) is 0 Å². The monoisotopic (exact) mass is 280 g/mol. The van der Waals surface area contributed by atoms with Gasteiger partial charge in [-0.15, -0.1) is 0 Å². The van der Waals surface area contributed by atoms with E-state index < -0.39 is 5.41 Å². The second-order valence-electron chi connectivity index (χ2n) is 5.21. The van der Waals surface area contributed by atoms with Crippen molar-refractivity contribution in [1.29, 1.82) is 0 Å². The topological polar surface area (TPSA) is 56.5 Å². The van der Waals surface area contributed by atoms with E-state index >= 15 is 0 Å². The Kier molecular flexibility index (Phi) is 3.37. The number of esters is 1. The average Bonchev–Trinajstić information content (AvgIpc) is 2.33. The summed E-state index contributed by atoms with van der Waals surface area (Å²) in [5, 5.41) is 0.370. The molecule has 0 aliphatic rings. The highest BCUT2D eigenvalue weighted by molar-refractivity contribution is 6.30. The molecule has 100 valence electrons. The summed E-state index contributed by atoms with van der Waals surface area (Å²) in [6, 6.07) is 4.56. The van der Waals surface area contributed by atoms with E-state index in [0.717, 1.165) is 0 Å². The first kappa shape index (κ1) is 13.6. The van der Waals surface area contributed by atoms with Gasteiger partial charge in [-0.05, 0) is 32.9 Å². The number of carbonyl (C=O) groups excluding carboxylic acids is 1. The number of hydrogen-bond acceptors (Lipinski definition) is 4. The third-order valence-electron chi connectivity index (χ3n) is 2.53. The lowest BCUT2D eigenvalue weighted by atomic mass is 9.97. The average molecular weight is 281 g/mol. The summed E-state index contributed by atoms with van der Waals surface area (Å²) in [5.41, 5.74) is -0.583. The molecule has 1 aromatic heterocycles. The Bertz CT molecular complexity index is 695. The minimum absolute atomic E-state index is 0.0203. The fourth-order valence-electron chi connectivity index (χ4n) is 1.41. The van der Waals surface area contributed by atoms with E-state index in [2.05, 4.69) is 0 Å². The van der Waals surface area contributed by atoms with E-state index in [1.165, 1.54) is 18.4 Å². The molecule has 19 heavy (non-hydrogen) atoms. The van der Waals surface area contributed by atoms with Crippen LogP contribution in [0.25, 0.3) is 11.0 Å². The highest BCUT2D eigenvalue weighted by Crippen LogP contribution is 2.23. The van der Waals surface area contributed by atoms with E-state index in [4.69, 9.17) is 20.8 Å². The van der Waals surface area contributed by atoms with Gasteiger partial charge in [0.05, 0.1) is 10.8 Å². The molecule has 0 unspecified atom stereocenters. The van der Waals surface area contributed by atoms with Crippen LogP contribution in [0.4, 0.5) is 0 Å². The van der Waals surface area contributed by atoms with Crippen molar-refractivity contribution in [1.82, 2.24) is 0 Å². The minimum atomic E-state index is -0.601. The zero-order valence-corrected chi connectivity index (χ0v) is 11.6. The zero-order valence-electron chi connectivity index (χ0n) is 10.8. The van der Waals surface area contributed by atoms with Crippen LogP contribution in [-0.4, -0.2) is 5.97 Å². The van der Waals surface area contributed by atoms with Crippen LogP contribution in [0, 0.1) is 5.41 Å². The lowest BCUT2D eigenvalue weighted by Crippen LogP contribution is -2.25. The van der Waals surface area contributed by atoms with Gasteiger partial charge < -0.3 is 9.15 Å². The van der Waals surface area contributed by atoms with Crippen LogP contribution >= 0.6 is 11.6 Å². The van der Waals surface area contributed by atoms with Gasteiger partial charge in [0.25, 0.3) is 0 Å². The van der Waals surface area contributed by atoms with Gasteiger partial charge in [0.15, 0.2) is 0 Å². The van der Waals surface area contributed by atoms with Gasteiger partial charge in [0.2, 0.25) is 5.43 Å². The Morgan fingerprint density at radius 1 is 1.32 bits per heavy atom. The summed E-state index contributed by atoms with van der Waals surface area (Å²) >= 11 is 5.68. The minimum Gasteiger partial charge on any atom is -0.462 e. The van der Waals surface area contributed by atoms with E-state index in [1.54, 1.807) is 26.8 Å². The summed E-state index contributed by atoms with van der Waals surface area (Å²) in [6.45, 7) is 5.28. The summed E-state index contributed by atoms with van der Waals surface area (Å²) < 4.78 is 10.4. The molecule has 0 amide bonds. The quantitative estimate of drug-likeness (QED) is 0.593. The van der Waals surface area contributed by atoms with Gasteiger partial charge in [-0.2, -0.15) is 0 Å². The van der Waals surface area contributed by atoms with E-state index in [9.17, 15) is 9.59 Å². The number of carbonyl (C=O) groups is 1. The Hall–Kier alpha value is -1.81. The van der Waals surface area contributed by atoms with Gasteiger partial charge in [-0.25, -0.2) is 0 Å². The number of benzene rings is 1. The SMILES string of the molecule is CC(C)(C)C(=O)Oc1ccc2c(=O)c(Cl)coc2c1. The maximum Gasteiger partial charge on any atom is 0.316 e. The molecule has 4 nitrogen and oxygen atoms in total. The van der Waals surface area contributed by atoms with Crippen LogP contribution < -0.4 is 10.2 Å². The molecule has 1 aromatic carbocycles. The number of hydrogen-bond donors (Lipinski definition) is 0.